The molecule has 0 aliphatic heterocycles. The van der Waals surface area contributed by atoms with Crippen LogP contribution in [0.15, 0.2) is 0 Å². The van der Waals surface area contributed by atoms with Gasteiger partial charge in [0.1, 0.15) is 0 Å². The molecule has 1 aliphatic carbocycles. The monoisotopic (exact) mass is 301 g/mol. The number of aliphatic hydroxyl groups is 2. The molecule has 0 aromatic heterocycles. The van der Waals surface area contributed by atoms with Gasteiger partial charge in [0, 0.05) is 12.6 Å². The van der Waals surface area contributed by atoms with Gasteiger partial charge in [0.2, 0.25) is 0 Å². The molecule has 1 unspecified atom stereocenters. The number of nitrogens with one attached hydrogen (secondary N) is 1. The van der Waals surface area contributed by atoms with Gasteiger partial charge >= 0.3 is 5.97 Å². The van der Waals surface area contributed by atoms with E-state index in [4.69, 9.17) is 4.74 Å². The lowest BCUT2D eigenvalue weighted by molar-refractivity contribution is -0.151. The summed E-state index contributed by atoms with van der Waals surface area (Å²) < 4.78 is 5.04. The smallest absolute Gasteiger partial charge is 0.308 e. The third-order valence-corrected chi connectivity index (χ3v) is 4.23. The van der Waals surface area contributed by atoms with Gasteiger partial charge in [-0.3, -0.25) is 4.79 Å². The van der Waals surface area contributed by atoms with Crippen molar-refractivity contribution >= 4 is 5.97 Å². The molecule has 1 fully saturated rings. The number of esters is 1. The van der Waals surface area contributed by atoms with Gasteiger partial charge in [-0.2, -0.15) is 0 Å². The van der Waals surface area contributed by atoms with Crippen LogP contribution in [0.2, 0.25) is 0 Å². The van der Waals surface area contributed by atoms with Crippen LogP contribution in [-0.4, -0.2) is 47.6 Å². The lowest BCUT2D eigenvalue weighted by Gasteiger charge is -2.36. The molecule has 0 aromatic rings. The standard InChI is InChI=1S/C16H31NO4/c1-4-21-15(19)13-5-7-16(20,8-6-13)11-17-14(10-18)9-12(2)3/h12-14,17-18,20H,4-11H2,1-3H3. The highest BCUT2D eigenvalue weighted by Gasteiger charge is 2.36. The van der Waals surface area contributed by atoms with E-state index in [1.54, 1.807) is 0 Å². The third-order valence-electron chi connectivity index (χ3n) is 4.23. The fourth-order valence-corrected chi connectivity index (χ4v) is 2.95. The topological polar surface area (TPSA) is 78.8 Å². The van der Waals surface area contributed by atoms with E-state index in [9.17, 15) is 15.0 Å². The van der Waals surface area contributed by atoms with Gasteiger partial charge in [-0.25, -0.2) is 0 Å². The van der Waals surface area contributed by atoms with Crippen molar-refractivity contribution in [1.29, 1.82) is 0 Å². The predicted molar refractivity (Wildman–Crippen MR) is 81.9 cm³/mol. The van der Waals surface area contributed by atoms with E-state index >= 15 is 0 Å². The Morgan fingerprint density at radius 3 is 2.48 bits per heavy atom. The Balaban J connectivity index is 2.38. The highest BCUT2D eigenvalue weighted by molar-refractivity contribution is 5.72. The molecule has 0 saturated heterocycles. The van der Waals surface area contributed by atoms with Crippen LogP contribution in [0.25, 0.3) is 0 Å². The van der Waals surface area contributed by atoms with E-state index in [0.29, 0.717) is 44.8 Å². The fraction of sp³-hybridized carbons (Fsp3) is 0.938. The first-order valence-electron chi connectivity index (χ1n) is 8.13. The SMILES string of the molecule is CCOC(=O)C1CCC(O)(CNC(CO)CC(C)C)CC1. The van der Waals surface area contributed by atoms with Crippen LogP contribution in [0.5, 0.6) is 0 Å². The van der Waals surface area contributed by atoms with Gasteiger partial charge in [0.25, 0.3) is 0 Å². The van der Waals surface area contributed by atoms with Crippen LogP contribution < -0.4 is 5.32 Å². The van der Waals surface area contributed by atoms with Gasteiger partial charge < -0.3 is 20.3 Å². The normalized spacial score (nSPS) is 27.6. The van der Waals surface area contributed by atoms with Crippen molar-refractivity contribution in [3.05, 3.63) is 0 Å². The second-order valence-corrected chi connectivity index (χ2v) is 6.64. The Bertz CT molecular complexity index is 311. The Morgan fingerprint density at radius 2 is 2.00 bits per heavy atom. The number of rotatable bonds is 8. The molecule has 0 bridgehead atoms. The molecule has 5 heteroatoms. The van der Waals surface area contributed by atoms with E-state index in [2.05, 4.69) is 19.2 Å². The maximum atomic E-state index is 11.7. The summed E-state index contributed by atoms with van der Waals surface area (Å²) in [6.45, 7) is 7.01. The van der Waals surface area contributed by atoms with Gasteiger partial charge in [0.05, 0.1) is 24.7 Å². The van der Waals surface area contributed by atoms with Crippen LogP contribution in [0.3, 0.4) is 0 Å². The maximum Gasteiger partial charge on any atom is 0.308 e. The lowest BCUT2D eigenvalue weighted by Crippen LogP contribution is -2.48. The molecule has 0 heterocycles. The summed E-state index contributed by atoms with van der Waals surface area (Å²) in [5.41, 5.74) is -0.770. The summed E-state index contributed by atoms with van der Waals surface area (Å²) in [6.07, 6.45) is 3.43. The number of carbonyl (C=O) groups is 1. The van der Waals surface area contributed by atoms with E-state index in [1.807, 2.05) is 6.92 Å². The molecule has 0 aromatic carbocycles. The van der Waals surface area contributed by atoms with E-state index in [1.165, 1.54) is 0 Å². The summed E-state index contributed by atoms with van der Waals surface area (Å²) in [5.74, 6) is 0.291. The van der Waals surface area contributed by atoms with Crippen molar-refractivity contribution in [2.45, 2.75) is 64.5 Å². The molecule has 3 N–H and O–H groups in total. The molecule has 0 radical (unpaired) electrons. The quantitative estimate of drug-likeness (QED) is 0.592. The van der Waals surface area contributed by atoms with Gasteiger partial charge in [-0.1, -0.05) is 13.8 Å². The number of hydrogen-bond donors (Lipinski definition) is 3. The molecule has 21 heavy (non-hydrogen) atoms. The molecule has 1 aliphatic rings. The minimum absolute atomic E-state index is 0.0248. The molecule has 1 saturated carbocycles. The minimum atomic E-state index is -0.770. The van der Waals surface area contributed by atoms with E-state index < -0.39 is 5.60 Å². The van der Waals surface area contributed by atoms with Crippen LogP contribution >= 0.6 is 0 Å². The summed E-state index contributed by atoms with van der Waals surface area (Å²) >= 11 is 0. The molecular weight excluding hydrogens is 270 g/mol. The summed E-state index contributed by atoms with van der Waals surface area (Å²) in [7, 11) is 0. The molecule has 0 spiro atoms. The van der Waals surface area contributed by atoms with Gasteiger partial charge in [-0.15, -0.1) is 0 Å². The van der Waals surface area contributed by atoms with E-state index in [-0.39, 0.29) is 24.5 Å². The van der Waals surface area contributed by atoms with Crippen molar-refractivity contribution in [2.24, 2.45) is 11.8 Å². The fourth-order valence-electron chi connectivity index (χ4n) is 2.95. The Kier molecular flexibility index (Phi) is 7.63. The second kappa shape index (κ2) is 8.71. The van der Waals surface area contributed by atoms with Crippen molar-refractivity contribution in [3.63, 3.8) is 0 Å². The first-order chi connectivity index (χ1) is 9.90. The molecule has 124 valence electrons. The van der Waals surface area contributed by atoms with E-state index in [0.717, 1.165) is 6.42 Å². The predicted octanol–water partition coefficient (Wildman–Crippen LogP) is 1.47. The highest BCUT2D eigenvalue weighted by atomic mass is 16.5. The van der Waals surface area contributed by atoms with Crippen molar-refractivity contribution in [3.8, 4) is 0 Å². The molecule has 1 rings (SSSR count). The summed E-state index contributed by atoms with van der Waals surface area (Å²) in [5, 5.41) is 23.2. The Labute approximate surface area is 128 Å². The number of carbonyl (C=O) groups excluding carboxylic acids is 1. The minimum Gasteiger partial charge on any atom is -0.466 e. The first kappa shape index (κ1) is 18.4. The zero-order chi connectivity index (χ0) is 15.9. The van der Waals surface area contributed by atoms with Gasteiger partial charge in [-0.05, 0) is 44.9 Å². The Morgan fingerprint density at radius 1 is 1.38 bits per heavy atom. The average Bonchev–Trinajstić information content (AvgIpc) is 2.44. The summed E-state index contributed by atoms with van der Waals surface area (Å²) in [6, 6.07) is 0.0248. The zero-order valence-electron chi connectivity index (χ0n) is 13.6. The molecule has 0 amide bonds. The third kappa shape index (κ3) is 6.32. The maximum absolute atomic E-state index is 11.7. The van der Waals surface area contributed by atoms with Crippen LogP contribution in [0, 0.1) is 11.8 Å². The van der Waals surface area contributed by atoms with Crippen LogP contribution in [0.4, 0.5) is 0 Å². The second-order valence-electron chi connectivity index (χ2n) is 6.64. The number of aliphatic hydroxyl groups excluding tert-OH is 1. The van der Waals surface area contributed by atoms with Crippen molar-refractivity contribution in [1.82, 2.24) is 5.32 Å². The molecular formula is C16H31NO4. The Hall–Kier alpha value is -0.650. The average molecular weight is 301 g/mol. The number of hydrogen-bond acceptors (Lipinski definition) is 5. The van der Waals surface area contributed by atoms with Crippen LogP contribution in [-0.2, 0) is 9.53 Å². The zero-order valence-corrected chi connectivity index (χ0v) is 13.6. The largest absolute Gasteiger partial charge is 0.466 e. The molecule has 1 atom stereocenters. The van der Waals surface area contributed by atoms with Crippen molar-refractivity contribution < 1.29 is 19.7 Å². The molecule has 5 nitrogen and oxygen atoms in total. The summed E-state index contributed by atoms with van der Waals surface area (Å²) in [4.78, 5) is 11.7. The first-order valence-corrected chi connectivity index (χ1v) is 8.13. The highest BCUT2D eigenvalue weighted by Crippen LogP contribution is 2.32. The van der Waals surface area contributed by atoms with Crippen LogP contribution in [0.1, 0.15) is 52.9 Å². The van der Waals surface area contributed by atoms with Crippen molar-refractivity contribution in [2.75, 3.05) is 19.8 Å². The van der Waals surface area contributed by atoms with Gasteiger partial charge in [0.15, 0.2) is 0 Å². The number of ether oxygens (including phenoxy) is 1. The lowest BCUT2D eigenvalue weighted by atomic mass is 9.78.